The third-order valence-electron chi connectivity index (χ3n) is 7.57. The Hall–Kier alpha value is -4.72. The summed E-state index contributed by atoms with van der Waals surface area (Å²) >= 11 is 0. The molecule has 5 rings (SSSR count). The highest BCUT2D eigenvalue weighted by Gasteiger charge is 2.29. The molecule has 1 aliphatic heterocycles. The number of fused-ring (bicyclic) bond motifs is 2. The van der Waals surface area contributed by atoms with Crippen LogP contribution in [0.3, 0.4) is 0 Å². The van der Waals surface area contributed by atoms with Crippen molar-refractivity contribution in [1.82, 2.24) is 24.0 Å². The predicted molar refractivity (Wildman–Crippen MR) is 167 cm³/mol. The van der Waals surface area contributed by atoms with Gasteiger partial charge in [-0.2, -0.15) is 4.98 Å². The van der Waals surface area contributed by atoms with Crippen molar-refractivity contribution in [2.45, 2.75) is 65.3 Å². The number of aryl methyl sites for hydroxylation is 1. The molecule has 2 aromatic heterocycles. The first-order valence-corrected chi connectivity index (χ1v) is 14.4. The summed E-state index contributed by atoms with van der Waals surface area (Å²) in [5.41, 5.74) is -0.0791. The number of aromatic nitrogens is 4. The van der Waals surface area contributed by atoms with E-state index in [1.807, 2.05) is 62.1 Å². The number of carbonyl (C=O) groups is 1. The average Bonchev–Trinajstić information content (AvgIpc) is 3.36. The molecule has 43 heavy (non-hydrogen) atoms. The molecule has 1 aliphatic rings. The van der Waals surface area contributed by atoms with E-state index in [4.69, 9.17) is 14.5 Å². The van der Waals surface area contributed by atoms with E-state index in [1.54, 1.807) is 25.6 Å². The zero-order valence-electron chi connectivity index (χ0n) is 25.6. The summed E-state index contributed by atoms with van der Waals surface area (Å²) in [6, 6.07) is 11.3. The van der Waals surface area contributed by atoms with Gasteiger partial charge in [0.05, 0.1) is 20.2 Å². The number of nitrogens with one attached hydrogen (secondary N) is 1. The van der Waals surface area contributed by atoms with Gasteiger partial charge in [0, 0.05) is 31.6 Å². The van der Waals surface area contributed by atoms with Gasteiger partial charge in [-0.15, -0.1) is 5.92 Å². The van der Waals surface area contributed by atoms with Gasteiger partial charge in [0.1, 0.15) is 11.4 Å². The molecule has 226 valence electrons. The summed E-state index contributed by atoms with van der Waals surface area (Å²) in [6.07, 6.45) is 1.11. The van der Waals surface area contributed by atoms with Crippen molar-refractivity contribution in [2.24, 2.45) is 7.05 Å². The normalized spacial score (nSPS) is 15.3. The number of anilines is 1. The van der Waals surface area contributed by atoms with Gasteiger partial charge in [-0.1, -0.05) is 36.3 Å². The van der Waals surface area contributed by atoms with Gasteiger partial charge in [0.2, 0.25) is 5.95 Å². The van der Waals surface area contributed by atoms with Crippen LogP contribution in [0, 0.1) is 11.8 Å². The van der Waals surface area contributed by atoms with Gasteiger partial charge in [-0.3, -0.25) is 18.5 Å². The second-order valence-electron chi connectivity index (χ2n) is 11.7. The van der Waals surface area contributed by atoms with E-state index in [2.05, 4.69) is 17.2 Å². The first-order valence-electron chi connectivity index (χ1n) is 14.4. The predicted octanol–water partition coefficient (Wildman–Crippen LogP) is 3.62. The van der Waals surface area contributed by atoms with Crippen LogP contribution < -0.4 is 26.2 Å². The second-order valence-corrected chi connectivity index (χ2v) is 11.7. The van der Waals surface area contributed by atoms with Crippen molar-refractivity contribution in [3.8, 4) is 17.6 Å². The van der Waals surface area contributed by atoms with Crippen molar-refractivity contribution in [3.05, 3.63) is 62.8 Å². The van der Waals surface area contributed by atoms with Crippen LogP contribution in [0.25, 0.3) is 21.9 Å². The molecule has 11 heteroatoms. The number of methoxy groups -OCH3 is 1. The van der Waals surface area contributed by atoms with E-state index in [0.717, 1.165) is 34.9 Å². The van der Waals surface area contributed by atoms with Gasteiger partial charge >= 0.3 is 11.8 Å². The summed E-state index contributed by atoms with van der Waals surface area (Å²) < 4.78 is 15.4. The molecule has 1 atom stereocenters. The molecule has 0 bridgehead atoms. The molecule has 11 nitrogen and oxygen atoms in total. The molecule has 1 saturated heterocycles. The lowest BCUT2D eigenvalue weighted by molar-refractivity contribution is 0.0499. The van der Waals surface area contributed by atoms with Crippen molar-refractivity contribution >= 4 is 34.0 Å². The summed E-state index contributed by atoms with van der Waals surface area (Å²) in [7, 11) is 3.24. The van der Waals surface area contributed by atoms with Crippen LogP contribution in [-0.4, -0.2) is 56.6 Å². The molecule has 3 heterocycles. The van der Waals surface area contributed by atoms with Crippen LogP contribution in [0.1, 0.15) is 46.1 Å². The molecule has 0 radical (unpaired) electrons. The van der Waals surface area contributed by atoms with Crippen molar-refractivity contribution in [2.75, 3.05) is 25.1 Å². The number of carbonyl (C=O) groups excluding carboxylic acids is 1. The highest BCUT2D eigenvalue weighted by Crippen LogP contribution is 2.29. The molecule has 0 spiro atoms. The highest BCUT2D eigenvalue weighted by atomic mass is 16.6. The first-order chi connectivity index (χ1) is 20.5. The van der Waals surface area contributed by atoms with Gasteiger partial charge in [-0.25, -0.2) is 9.59 Å². The molecule has 4 aromatic rings. The van der Waals surface area contributed by atoms with E-state index < -0.39 is 22.9 Å². The number of hydrogen-bond acceptors (Lipinski definition) is 7. The number of ether oxygens (including phenoxy) is 2. The molecule has 1 N–H and O–H groups in total. The Bertz CT molecular complexity index is 1870. The Labute approximate surface area is 250 Å². The van der Waals surface area contributed by atoms with Gasteiger partial charge in [-0.05, 0) is 57.6 Å². The third kappa shape index (κ3) is 5.95. The number of rotatable bonds is 6. The van der Waals surface area contributed by atoms with E-state index in [0.29, 0.717) is 30.2 Å². The summed E-state index contributed by atoms with van der Waals surface area (Å²) in [5, 5.41) is 4.77. The summed E-state index contributed by atoms with van der Waals surface area (Å²) in [4.78, 5) is 47.0. The third-order valence-corrected chi connectivity index (χ3v) is 7.57. The molecule has 1 fully saturated rings. The van der Waals surface area contributed by atoms with Crippen LogP contribution in [0.4, 0.5) is 10.7 Å². The molecule has 0 saturated carbocycles. The number of nitrogens with zero attached hydrogens (tertiary/aromatic N) is 5. The molecule has 0 aliphatic carbocycles. The lowest BCUT2D eigenvalue weighted by Crippen LogP contribution is -2.49. The average molecular weight is 587 g/mol. The SMILES string of the molecule is CC#CCn1c(N2CCCC(NC(=O)OC(C)(C)C)C2)nc2c1c(=O)n(Cc1ccc(OC)c3ccccc13)c(=O)n2C. The summed E-state index contributed by atoms with van der Waals surface area (Å²) in [5.74, 6) is 7.23. The zero-order valence-corrected chi connectivity index (χ0v) is 25.6. The maximum atomic E-state index is 14.1. The van der Waals surface area contributed by atoms with E-state index >= 15 is 0 Å². The number of piperidine rings is 1. The number of hydrogen-bond donors (Lipinski definition) is 1. The maximum Gasteiger partial charge on any atom is 0.407 e. The van der Waals surface area contributed by atoms with Crippen molar-refractivity contribution < 1.29 is 14.3 Å². The highest BCUT2D eigenvalue weighted by molar-refractivity contribution is 5.91. The Morgan fingerprint density at radius 2 is 1.86 bits per heavy atom. The number of alkyl carbamates (subject to hydrolysis) is 1. The van der Waals surface area contributed by atoms with Crippen LogP contribution >= 0.6 is 0 Å². The first kappa shape index (κ1) is 29.8. The van der Waals surface area contributed by atoms with Crippen molar-refractivity contribution in [1.29, 1.82) is 0 Å². The lowest BCUT2D eigenvalue weighted by Gasteiger charge is -2.34. The molecular weight excluding hydrogens is 548 g/mol. The molecule has 2 aromatic carbocycles. The Morgan fingerprint density at radius 3 is 2.56 bits per heavy atom. The van der Waals surface area contributed by atoms with Crippen LogP contribution in [0.2, 0.25) is 0 Å². The molecular formula is C32H38N6O5. The van der Waals surface area contributed by atoms with E-state index in [1.165, 1.54) is 9.13 Å². The maximum absolute atomic E-state index is 14.1. The smallest absolute Gasteiger partial charge is 0.407 e. The molecule has 1 unspecified atom stereocenters. The Balaban J connectivity index is 1.57. The lowest BCUT2D eigenvalue weighted by atomic mass is 10.0. The number of benzene rings is 2. The fourth-order valence-corrected chi connectivity index (χ4v) is 5.62. The standard InChI is InChI=1S/C32H38N6O5/c1-7-8-18-37-26-27(34-29(37)36-17-11-12-22(20-36)33-30(40)43-32(2,3)4)35(5)31(41)38(28(26)39)19-21-15-16-25(42-6)24-14-10-9-13-23(21)24/h9-10,13-16,22H,11-12,17-20H2,1-6H3,(H,33,40). The van der Waals surface area contributed by atoms with Gasteiger partial charge < -0.3 is 19.7 Å². The fraction of sp³-hybridized carbons (Fsp3) is 0.438. The Morgan fingerprint density at radius 1 is 1.12 bits per heavy atom. The molecule has 1 amide bonds. The quantitative estimate of drug-likeness (QED) is 0.344. The monoisotopic (exact) mass is 586 g/mol. The minimum atomic E-state index is -0.603. The van der Waals surface area contributed by atoms with Crippen LogP contribution in [-0.2, 0) is 24.9 Å². The summed E-state index contributed by atoms with van der Waals surface area (Å²) in [6.45, 7) is 8.67. The number of amides is 1. The Kier molecular flexibility index (Phi) is 8.22. The largest absolute Gasteiger partial charge is 0.496 e. The fourth-order valence-electron chi connectivity index (χ4n) is 5.62. The topological polar surface area (TPSA) is 113 Å². The van der Waals surface area contributed by atoms with Gasteiger partial charge in [0.25, 0.3) is 5.56 Å². The van der Waals surface area contributed by atoms with Crippen LogP contribution in [0.15, 0.2) is 46.0 Å². The zero-order chi connectivity index (χ0) is 30.9. The second kappa shape index (κ2) is 11.9. The van der Waals surface area contributed by atoms with E-state index in [-0.39, 0.29) is 19.1 Å². The minimum absolute atomic E-state index is 0.0809. The minimum Gasteiger partial charge on any atom is -0.496 e. The van der Waals surface area contributed by atoms with Crippen LogP contribution in [0.5, 0.6) is 5.75 Å². The van der Waals surface area contributed by atoms with Crippen molar-refractivity contribution in [3.63, 3.8) is 0 Å². The van der Waals surface area contributed by atoms with E-state index in [9.17, 15) is 14.4 Å². The number of imidazole rings is 1. The van der Waals surface area contributed by atoms with Gasteiger partial charge in [0.15, 0.2) is 11.2 Å².